The maximum Gasteiger partial charge on any atom is 0.158 e. The number of halogens is 1. The second-order valence-corrected chi connectivity index (χ2v) is 5.04. The van der Waals surface area contributed by atoms with Crippen molar-refractivity contribution >= 4 is 17.9 Å². The first kappa shape index (κ1) is 13.0. The zero-order valence-corrected chi connectivity index (χ0v) is 10.4. The third-order valence-electron chi connectivity index (χ3n) is 3.19. The molecule has 3 unspecified atom stereocenters. The number of aliphatic hydroxyl groups excluding tert-OH is 1. The van der Waals surface area contributed by atoms with Gasteiger partial charge in [0.15, 0.2) is 6.29 Å². The molecule has 4 nitrogen and oxygen atoms in total. The standard InChI is InChI=1S/C12H17ClO4/c13-9-7-12(4-5-14,8-10(9)15)17-11-3-1-2-6-16-11/h5,7,10-11,15H,1-4,6,8H2. The van der Waals surface area contributed by atoms with Gasteiger partial charge < -0.3 is 19.4 Å². The van der Waals surface area contributed by atoms with Gasteiger partial charge in [-0.05, 0) is 25.3 Å². The lowest BCUT2D eigenvalue weighted by Gasteiger charge is -2.33. The van der Waals surface area contributed by atoms with E-state index in [0.29, 0.717) is 18.1 Å². The fourth-order valence-electron chi connectivity index (χ4n) is 2.31. The smallest absolute Gasteiger partial charge is 0.158 e. The fraction of sp³-hybridized carbons (Fsp3) is 0.750. The van der Waals surface area contributed by atoms with Crippen LogP contribution in [0.3, 0.4) is 0 Å². The zero-order chi connectivity index (χ0) is 12.3. The highest BCUT2D eigenvalue weighted by molar-refractivity contribution is 6.30. The van der Waals surface area contributed by atoms with Crippen molar-refractivity contribution in [2.75, 3.05) is 6.61 Å². The number of aliphatic hydroxyl groups is 1. The average Bonchev–Trinajstić information content (AvgIpc) is 2.56. The van der Waals surface area contributed by atoms with Gasteiger partial charge in [-0.25, -0.2) is 0 Å². The van der Waals surface area contributed by atoms with Gasteiger partial charge in [-0.15, -0.1) is 0 Å². The Morgan fingerprint density at radius 2 is 2.47 bits per heavy atom. The molecule has 1 N–H and O–H groups in total. The minimum Gasteiger partial charge on any atom is -0.387 e. The molecule has 5 heteroatoms. The fourth-order valence-corrected chi connectivity index (χ4v) is 2.59. The molecular formula is C12H17ClO4. The Bertz CT molecular complexity index is 312. The highest BCUT2D eigenvalue weighted by Gasteiger charge is 2.41. The van der Waals surface area contributed by atoms with Gasteiger partial charge in [-0.1, -0.05) is 11.6 Å². The number of rotatable bonds is 4. The van der Waals surface area contributed by atoms with Crippen LogP contribution < -0.4 is 0 Å². The highest BCUT2D eigenvalue weighted by atomic mass is 35.5. The normalized spacial score (nSPS) is 37.9. The monoisotopic (exact) mass is 260 g/mol. The quantitative estimate of drug-likeness (QED) is 0.783. The summed E-state index contributed by atoms with van der Waals surface area (Å²) in [5.41, 5.74) is -0.791. The van der Waals surface area contributed by atoms with Crippen molar-refractivity contribution in [2.24, 2.45) is 0 Å². The van der Waals surface area contributed by atoms with Crippen LogP contribution in [0.25, 0.3) is 0 Å². The number of hydrogen-bond acceptors (Lipinski definition) is 4. The number of ether oxygens (including phenoxy) is 2. The summed E-state index contributed by atoms with van der Waals surface area (Å²) in [6, 6.07) is 0. The molecule has 0 spiro atoms. The van der Waals surface area contributed by atoms with E-state index in [1.54, 1.807) is 6.08 Å². The van der Waals surface area contributed by atoms with Crippen LogP contribution in [0.4, 0.5) is 0 Å². The van der Waals surface area contributed by atoms with Crippen molar-refractivity contribution in [1.29, 1.82) is 0 Å². The lowest BCUT2D eigenvalue weighted by molar-refractivity contribution is -0.213. The first-order valence-electron chi connectivity index (χ1n) is 5.94. The minimum absolute atomic E-state index is 0.195. The van der Waals surface area contributed by atoms with Crippen LogP contribution in [0, 0.1) is 0 Å². The molecule has 0 aromatic carbocycles. The summed E-state index contributed by atoms with van der Waals surface area (Å²) in [7, 11) is 0. The maximum atomic E-state index is 10.7. The van der Waals surface area contributed by atoms with E-state index in [1.807, 2.05) is 0 Å². The van der Waals surface area contributed by atoms with Crippen LogP contribution >= 0.6 is 11.6 Å². The molecule has 1 aliphatic heterocycles. The number of hydrogen-bond donors (Lipinski definition) is 1. The molecule has 1 saturated heterocycles. The van der Waals surface area contributed by atoms with Crippen LogP contribution in [0.15, 0.2) is 11.1 Å². The molecule has 96 valence electrons. The Kier molecular flexibility index (Phi) is 4.20. The van der Waals surface area contributed by atoms with Crippen LogP contribution in [0.2, 0.25) is 0 Å². The highest BCUT2D eigenvalue weighted by Crippen LogP contribution is 2.37. The molecule has 2 aliphatic rings. The maximum absolute atomic E-state index is 10.7. The lowest BCUT2D eigenvalue weighted by Crippen LogP contribution is -2.37. The molecule has 0 aromatic heterocycles. The van der Waals surface area contributed by atoms with Crippen molar-refractivity contribution < 1.29 is 19.4 Å². The van der Waals surface area contributed by atoms with Crippen LogP contribution in [-0.4, -0.2) is 36.0 Å². The van der Waals surface area contributed by atoms with E-state index in [2.05, 4.69) is 0 Å². The van der Waals surface area contributed by atoms with Gasteiger partial charge in [0.25, 0.3) is 0 Å². The predicted octanol–water partition coefficient (Wildman–Crippen LogP) is 1.74. The van der Waals surface area contributed by atoms with E-state index in [9.17, 15) is 9.90 Å². The predicted molar refractivity (Wildman–Crippen MR) is 62.6 cm³/mol. The van der Waals surface area contributed by atoms with Crippen molar-refractivity contribution in [3.8, 4) is 0 Å². The van der Waals surface area contributed by atoms with Crippen molar-refractivity contribution in [3.63, 3.8) is 0 Å². The molecule has 0 radical (unpaired) electrons. The van der Waals surface area contributed by atoms with E-state index in [1.165, 1.54) is 0 Å². The topological polar surface area (TPSA) is 55.8 Å². The van der Waals surface area contributed by atoms with E-state index in [0.717, 1.165) is 25.5 Å². The van der Waals surface area contributed by atoms with Gasteiger partial charge in [0, 0.05) is 24.5 Å². The minimum atomic E-state index is -0.791. The second-order valence-electron chi connectivity index (χ2n) is 4.60. The number of carbonyl (C=O) groups excluding carboxylic acids is 1. The molecule has 0 aromatic rings. The number of carbonyl (C=O) groups is 1. The van der Waals surface area contributed by atoms with Gasteiger partial charge in [-0.2, -0.15) is 0 Å². The van der Waals surface area contributed by atoms with E-state index in [4.69, 9.17) is 21.1 Å². The Hall–Kier alpha value is -0.420. The van der Waals surface area contributed by atoms with Gasteiger partial charge in [0.1, 0.15) is 11.9 Å². The Morgan fingerprint density at radius 1 is 1.65 bits per heavy atom. The van der Waals surface area contributed by atoms with Crippen molar-refractivity contribution in [2.45, 2.75) is 50.1 Å². The molecule has 1 heterocycles. The van der Waals surface area contributed by atoms with Gasteiger partial charge in [0.05, 0.1) is 6.10 Å². The summed E-state index contributed by atoms with van der Waals surface area (Å²) in [6.07, 6.45) is 4.84. The molecule has 1 fully saturated rings. The molecule has 17 heavy (non-hydrogen) atoms. The molecule has 3 atom stereocenters. The van der Waals surface area contributed by atoms with Crippen LogP contribution in [0.5, 0.6) is 0 Å². The van der Waals surface area contributed by atoms with E-state index >= 15 is 0 Å². The Balaban J connectivity index is 2.04. The SMILES string of the molecule is O=CCC1(OC2CCCCO2)C=C(Cl)C(O)C1. The molecular weight excluding hydrogens is 244 g/mol. The van der Waals surface area contributed by atoms with Crippen LogP contribution in [0.1, 0.15) is 32.1 Å². The van der Waals surface area contributed by atoms with Crippen LogP contribution in [-0.2, 0) is 14.3 Å². The largest absolute Gasteiger partial charge is 0.387 e. The lowest BCUT2D eigenvalue weighted by atomic mass is 9.99. The van der Waals surface area contributed by atoms with E-state index in [-0.39, 0.29) is 12.7 Å². The summed E-state index contributed by atoms with van der Waals surface area (Å²) >= 11 is 5.87. The third kappa shape index (κ3) is 3.07. The molecule has 1 aliphatic carbocycles. The summed E-state index contributed by atoms with van der Waals surface area (Å²) in [6.45, 7) is 0.682. The summed E-state index contributed by atoms with van der Waals surface area (Å²) in [4.78, 5) is 10.7. The second kappa shape index (κ2) is 5.48. The van der Waals surface area contributed by atoms with Crippen molar-refractivity contribution in [1.82, 2.24) is 0 Å². The first-order valence-corrected chi connectivity index (χ1v) is 6.32. The van der Waals surface area contributed by atoms with Gasteiger partial charge in [-0.3, -0.25) is 0 Å². The number of aldehydes is 1. The van der Waals surface area contributed by atoms with Gasteiger partial charge >= 0.3 is 0 Å². The molecule has 0 bridgehead atoms. The molecule has 2 rings (SSSR count). The Labute approximate surface area is 106 Å². The summed E-state index contributed by atoms with van der Waals surface area (Å²) in [5.74, 6) is 0. The average molecular weight is 261 g/mol. The first-order chi connectivity index (χ1) is 8.15. The summed E-state index contributed by atoms with van der Waals surface area (Å²) < 4.78 is 11.3. The Morgan fingerprint density at radius 3 is 3.00 bits per heavy atom. The van der Waals surface area contributed by atoms with Gasteiger partial charge in [0.2, 0.25) is 0 Å². The molecule has 0 amide bonds. The van der Waals surface area contributed by atoms with E-state index < -0.39 is 11.7 Å². The third-order valence-corrected chi connectivity index (χ3v) is 3.55. The molecule has 0 saturated carbocycles. The zero-order valence-electron chi connectivity index (χ0n) is 9.60. The summed E-state index contributed by atoms with van der Waals surface area (Å²) in [5, 5.41) is 10.0. The van der Waals surface area contributed by atoms with Crippen molar-refractivity contribution in [3.05, 3.63) is 11.1 Å².